The number of aromatic nitrogens is 1. The Morgan fingerprint density at radius 3 is 2.41 bits per heavy atom. The number of carbonyl (C=O) groups is 3. The first-order valence-corrected chi connectivity index (χ1v) is 14.1. The summed E-state index contributed by atoms with van der Waals surface area (Å²) >= 11 is 1.43. The fourth-order valence-corrected chi connectivity index (χ4v) is 5.02. The minimum absolute atomic E-state index is 0.0734. The molecule has 1 atom stereocenters. The molecule has 0 saturated heterocycles. The highest BCUT2D eigenvalue weighted by Crippen LogP contribution is 2.29. The maximum atomic E-state index is 13.4. The number of benzene rings is 3. The zero-order valence-corrected chi connectivity index (χ0v) is 24.0. The molecule has 3 N–H and O–H groups in total. The van der Waals surface area contributed by atoms with Crippen LogP contribution in [0.4, 0.5) is 11.4 Å². The van der Waals surface area contributed by atoms with Crippen LogP contribution in [0.15, 0.2) is 108 Å². The number of rotatable bonds is 10. The molecule has 0 saturated carbocycles. The van der Waals surface area contributed by atoms with Gasteiger partial charge in [-0.3, -0.25) is 19.4 Å². The number of pyridine rings is 1. The van der Waals surface area contributed by atoms with Gasteiger partial charge in [0, 0.05) is 34.2 Å². The standard InChI is InChI=1S/C33H32N4O3S/c1-4-30(33(40)36-28-17-8-11-22(2)23(28)3)41-27-16-9-15-26(20-27)35-32(39)29(19-24-12-10-18-34-21-24)37-31(38)25-13-6-5-7-14-25/h5-21,30H,4H2,1-3H3,(H,35,39)(H,36,40)(H,37,38)/b29-19-. The molecule has 1 unspecified atom stereocenters. The maximum Gasteiger partial charge on any atom is 0.272 e. The normalized spacial score (nSPS) is 11.8. The first kappa shape index (κ1) is 29.3. The predicted octanol–water partition coefficient (Wildman–Crippen LogP) is 6.62. The average Bonchev–Trinajstić information content (AvgIpc) is 2.99. The van der Waals surface area contributed by atoms with Crippen LogP contribution >= 0.6 is 11.8 Å². The molecule has 1 aromatic heterocycles. The summed E-state index contributed by atoms with van der Waals surface area (Å²) in [6.07, 6.45) is 5.44. The van der Waals surface area contributed by atoms with E-state index in [1.54, 1.807) is 60.9 Å². The number of amides is 3. The van der Waals surface area contributed by atoms with Gasteiger partial charge in [-0.25, -0.2) is 0 Å². The molecule has 0 aliphatic heterocycles. The molecule has 4 rings (SSSR count). The van der Waals surface area contributed by atoms with Crippen LogP contribution < -0.4 is 16.0 Å². The number of hydrogen-bond acceptors (Lipinski definition) is 5. The van der Waals surface area contributed by atoms with Gasteiger partial charge in [0.15, 0.2) is 0 Å². The SMILES string of the molecule is CCC(Sc1cccc(NC(=O)/C(=C/c2cccnc2)NC(=O)c2ccccc2)c1)C(=O)Nc1cccc(C)c1C. The molecule has 0 bridgehead atoms. The van der Waals surface area contributed by atoms with Gasteiger partial charge in [-0.1, -0.05) is 49.4 Å². The Labute approximate surface area is 244 Å². The minimum atomic E-state index is -0.486. The van der Waals surface area contributed by atoms with Gasteiger partial charge in [0.2, 0.25) is 5.91 Å². The lowest BCUT2D eigenvalue weighted by Crippen LogP contribution is -2.30. The van der Waals surface area contributed by atoms with E-state index in [0.717, 1.165) is 21.7 Å². The summed E-state index contributed by atoms with van der Waals surface area (Å²) in [5, 5.41) is 8.34. The van der Waals surface area contributed by atoms with Crippen molar-refractivity contribution < 1.29 is 14.4 Å². The topological polar surface area (TPSA) is 100 Å². The van der Waals surface area contributed by atoms with Crippen molar-refractivity contribution in [3.8, 4) is 0 Å². The van der Waals surface area contributed by atoms with Gasteiger partial charge in [-0.2, -0.15) is 0 Å². The van der Waals surface area contributed by atoms with Crippen molar-refractivity contribution in [2.24, 2.45) is 0 Å². The molecule has 0 radical (unpaired) electrons. The van der Waals surface area contributed by atoms with Gasteiger partial charge in [-0.05, 0) is 85.5 Å². The Morgan fingerprint density at radius 1 is 0.902 bits per heavy atom. The monoisotopic (exact) mass is 564 g/mol. The van der Waals surface area contributed by atoms with Crippen molar-refractivity contribution in [1.82, 2.24) is 10.3 Å². The molecular formula is C33H32N4O3S. The van der Waals surface area contributed by atoms with Crippen LogP contribution in [0.1, 0.15) is 40.4 Å². The van der Waals surface area contributed by atoms with E-state index < -0.39 is 11.8 Å². The number of nitrogens with one attached hydrogen (secondary N) is 3. The summed E-state index contributed by atoms with van der Waals surface area (Å²) in [5.74, 6) is -0.966. The fraction of sp³-hybridized carbons (Fsp3) is 0.152. The molecule has 1 heterocycles. The average molecular weight is 565 g/mol. The van der Waals surface area contributed by atoms with Crippen LogP contribution in [-0.4, -0.2) is 28.0 Å². The first-order chi connectivity index (χ1) is 19.8. The van der Waals surface area contributed by atoms with E-state index in [1.807, 2.05) is 63.2 Å². The molecule has 7 nitrogen and oxygen atoms in total. The fourth-order valence-electron chi connectivity index (χ4n) is 4.00. The Morgan fingerprint density at radius 2 is 1.68 bits per heavy atom. The molecule has 0 fully saturated rings. The van der Waals surface area contributed by atoms with Crippen LogP contribution in [0.25, 0.3) is 6.08 Å². The summed E-state index contributed by atoms with van der Waals surface area (Å²) in [7, 11) is 0. The lowest BCUT2D eigenvalue weighted by Gasteiger charge is -2.17. The molecule has 4 aromatic rings. The number of nitrogens with zero attached hydrogens (tertiary/aromatic N) is 1. The van der Waals surface area contributed by atoms with Gasteiger partial charge < -0.3 is 16.0 Å². The van der Waals surface area contributed by atoms with Gasteiger partial charge in [0.25, 0.3) is 11.8 Å². The molecule has 3 amide bonds. The molecule has 8 heteroatoms. The third kappa shape index (κ3) is 8.16. The molecule has 3 aromatic carbocycles. The van der Waals surface area contributed by atoms with Crippen LogP contribution in [0.3, 0.4) is 0 Å². The Balaban J connectivity index is 1.49. The first-order valence-electron chi connectivity index (χ1n) is 13.3. The number of carbonyl (C=O) groups excluding carboxylic acids is 3. The summed E-state index contributed by atoms with van der Waals surface area (Å²) < 4.78 is 0. The smallest absolute Gasteiger partial charge is 0.272 e. The van der Waals surface area contributed by atoms with E-state index in [-0.39, 0.29) is 16.9 Å². The number of thioether (sulfide) groups is 1. The van der Waals surface area contributed by atoms with E-state index in [0.29, 0.717) is 23.2 Å². The predicted molar refractivity (Wildman–Crippen MR) is 166 cm³/mol. The zero-order valence-electron chi connectivity index (χ0n) is 23.2. The summed E-state index contributed by atoms with van der Waals surface area (Å²) in [6.45, 7) is 5.97. The largest absolute Gasteiger partial charge is 0.325 e. The van der Waals surface area contributed by atoms with Gasteiger partial charge in [-0.15, -0.1) is 11.8 Å². The highest BCUT2D eigenvalue weighted by atomic mass is 32.2. The number of hydrogen-bond donors (Lipinski definition) is 3. The highest BCUT2D eigenvalue weighted by molar-refractivity contribution is 8.00. The molecule has 0 aliphatic carbocycles. The van der Waals surface area contributed by atoms with Crippen molar-refractivity contribution in [2.75, 3.05) is 10.6 Å². The second kappa shape index (κ2) is 14.1. The van der Waals surface area contributed by atoms with Crippen molar-refractivity contribution in [1.29, 1.82) is 0 Å². The second-order valence-corrected chi connectivity index (χ2v) is 10.7. The lowest BCUT2D eigenvalue weighted by molar-refractivity contribution is -0.116. The molecule has 0 spiro atoms. The van der Waals surface area contributed by atoms with E-state index in [9.17, 15) is 14.4 Å². The van der Waals surface area contributed by atoms with Crippen LogP contribution in [0.5, 0.6) is 0 Å². The molecular weight excluding hydrogens is 532 g/mol. The van der Waals surface area contributed by atoms with E-state index in [2.05, 4.69) is 20.9 Å². The minimum Gasteiger partial charge on any atom is -0.325 e. The van der Waals surface area contributed by atoms with Crippen LogP contribution in [0.2, 0.25) is 0 Å². The third-order valence-corrected chi connectivity index (χ3v) is 7.78. The zero-order chi connectivity index (χ0) is 29.2. The van der Waals surface area contributed by atoms with Crippen molar-refractivity contribution in [3.63, 3.8) is 0 Å². The summed E-state index contributed by atoms with van der Waals surface area (Å²) in [6, 6.07) is 25.4. The number of aryl methyl sites for hydroxylation is 1. The Hall–Kier alpha value is -4.69. The summed E-state index contributed by atoms with van der Waals surface area (Å²) in [5.41, 5.74) is 4.67. The van der Waals surface area contributed by atoms with Crippen LogP contribution in [0, 0.1) is 13.8 Å². The molecule has 208 valence electrons. The van der Waals surface area contributed by atoms with E-state index in [1.165, 1.54) is 11.8 Å². The van der Waals surface area contributed by atoms with Gasteiger partial charge in [0.05, 0.1) is 5.25 Å². The number of anilines is 2. The van der Waals surface area contributed by atoms with Crippen molar-refractivity contribution in [2.45, 2.75) is 37.3 Å². The van der Waals surface area contributed by atoms with Crippen molar-refractivity contribution in [3.05, 3.63) is 125 Å². The maximum absolute atomic E-state index is 13.4. The van der Waals surface area contributed by atoms with Gasteiger partial charge in [0.1, 0.15) is 5.70 Å². The second-order valence-electron chi connectivity index (χ2n) is 9.40. The lowest BCUT2D eigenvalue weighted by atomic mass is 10.1. The van der Waals surface area contributed by atoms with Gasteiger partial charge >= 0.3 is 0 Å². The summed E-state index contributed by atoms with van der Waals surface area (Å²) in [4.78, 5) is 44.2. The molecule has 41 heavy (non-hydrogen) atoms. The van der Waals surface area contributed by atoms with E-state index in [4.69, 9.17) is 0 Å². The van der Waals surface area contributed by atoms with Crippen molar-refractivity contribution >= 4 is 46.9 Å². The third-order valence-electron chi connectivity index (χ3n) is 6.42. The van der Waals surface area contributed by atoms with E-state index >= 15 is 0 Å². The highest BCUT2D eigenvalue weighted by Gasteiger charge is 2.20. The van der Waals surface area contributed by atoms with Crippen LogP contribution in [-0.2, 0) is 9.59 Å². The molecule has 0 aliphatic rings. The Bertz CT molecular complexity index is 1560. The quantitative estimate of drug-likeness (QED) is 0.149. The Kier molecular flexibility index (Phi) is 10.1.